The van der Waals surface area contributed by atoms with Crippen molar-refractivity contribution in [2.75, 3.05) is 32.0 Å². The van der Waals surface area contributed by atoms with Crippen LogP contribution in [0, 0.1) is 0 Å². The number of carbonyl (C=O) groups excluding carboxylic acids is 1. The van der Waals surface area contributed by atoms with Crippen LogP contribution in [0.2, 0.25) is 5.02 Å². The van der Waals surface area contributed by atoms with Gasteiger partial charge in [-0.25, -0.2) is 4.98 Å². The first-order chi connectivity index (χ1) is 9.60. The summed E-state index contributed by atoms with van der Waals surface area (Å²) in [6.07, 6.45) is 3.69. The Morgan fingerprint density at radius 3 is 3.05 bits per heavy atom. The van der Waals surface area contributed by atoms with Gasteiger partial charge in [0.1, 0.15) is 5.82 Å². The molecule has 1 unspecified atom stereocenters. The summed E-state index contributed by atoms with van der Waals surface area (Å²) in [5.74, 6) is 0.505. The number of likely N-dealkylation sites (tertiary alicyclic amines) is 1. The molecule has 2 N–H and O–H groups in total. The summed E-state index contributed by atoms with van der Waals surface area (Å²) in [6.45, 7) is 4.70. The number of likely N-dealkylation sites (N-methyl/N-ethyl adjacent to an activating group) is 1. The maximum absolute atomic E-state index is 12.2. The summed E-state index contributed by atoms with van der Waals surface area (Å²) in [7, 11) is 2.07. The Bertz CT molecular complexity index is 480. The van der Waals surface area contributed by atoms with Crippen molar-refractivity contribution in [3.63, 3.8) is 0 Å². The first-order valence-corrected chi connectivity index (χ1v) is 7.36. The molecule has 1 aromatic rings. The number of pyridine rings is 1. The zero-order valence-corrected chi connectivity index (χ0v) is 12.7. The Labute approximate surface area is 124 Å². The molecule has 0 aromatic carbocycles. The lowest BCUT2D eigenvalue weighted by Crippen LogP contribution is -2.46. The third-order valence-corrected chi connectivity index (χ3v) is 3.70. The van der Waals surface area contributed by atoms with Crippen LogP contribution in [-0.2, 0) is 0 Å². The lowest BCUT2D eigenvalue weighted by molar-refractivity contribution is 0.0912. The third kappa shape index (κ3) is 3.84. The second-order valence-corrected chi connectivity index (χ2v) is 5.57. The SMILES string of the molecule is CCNc1ncc(C(=O)NC2CCCN(C)C2)cc1Cl. The van der Waals surface area contributed by atoms with Crippen LogP contribution in [0.15, 0.2) is 12.3 Å². The van der Waals surface area contributed by atoms with Gasteiger partial charge in [0, 0.05) is 25.3 Å². The highest BCUT2D eigenvalue weighted by molar-refractivity contribution is 6.33. The quantitative estimate of drug-likeness (QED) is 0.892. The predicted molar refractivity (Wildman–Crippen MR) is 81.4 cm³/mol. The summed E-state index contributed by atoms with van der Waals surface area (Å²) in [6, 6.07) is 1.86. The number of hydrogen-bond acceptors (Lipinski definition) is 4. The van der Waals surface area contributed by atoms with Crippen molar-refractivity contribution in [3.05, 3.63) is 22.8 Å². The van der Waals surface area contributed by atoms with E-state index in [9.17, 15) is 4.79 Å². The number of piperidine rings is 1. The van der Waals surface area contributed by atoms with Crippen molar-refractivity contribution in [3.8, 4) is 0 Å². The van der Waals surface area contributed by atoms with Gasteiger partial charge in [-0.15, -0.1) is 0 Å². The zero-order chi connectivity index (χ0) is 14.5. The standard InChI is InChI=1S/C14H21ClN4O/c1-3-16-13-12(15)7-10(8-17-13)14(20)18-11-5-4-6-19(2)9-11/h7-8,11H,3-6,9H2,1-2H3,(H,16,17)(H,18,20). The lowest BCUT2D eigenvalue weighted by atomic mass is 10.1. The van der Waals surface area contributed by atoms with Gasteiger partial charge in [-0.1, -0.05) is 11.6 Å². The van der Waals surface area contributed by atoms with Gasteiger partial charge in [0.2, 0.25) is 0 Å². The van der Waals surface area contributed by atoms with Gasteiger partial charge < -0.3 is 15.5 Å². The molecule has 1 amide bonds. The van der Waals surface area contributed by atoms with Crippen LogP contribution in [0.1, 0.15) is 30.1 Å². The molecule has 0 spiro atoms. The fourth-order valence-electron chi connectivity index (χ4n) is 2.41. The molecule has 2 rings (SSSR count). The monoisotopic (exact) mass is 296 g/mol. The van der Waals surface area contributed by atoms with Crippen molar-refractivity contribution in [1.29, 1.82) is 0 Å². The van der Waals surface area contributed by atoms with Crippen LogP contribution in [0.5, 0.6) is 0 Å². The molecule has 1 saturated heterocycles. The van der Waals surface area contributed by atoms with E-state index >= 15 is 0 Å². The molecule has 0 bridgehead atoms. The number of nitrogens with one attached hydrogen (secondary N) is 2. The lowest BCUT2D eigenvalue weighted by Gasteiger charge is -2.30. The first kappa shape index (κ1) is 15.1. The number of aromatic nitrogens is 1. The van der Waals surface area contributed by atoms with Crippen LogP contribution in [-0.4, -0.2) is 48.5 Å². The summed E-state index contributed by atoms with van der Waals surface area (Å²) in [5, 5.41) is 6.56. The average Bonchev–Trinajstić information content (AvgIpc) is 2.41. The average molecular weight is 297 g/mol. The second-order valence-electron chi connectivity index (χ2n) is 5.16. The molecule has 1 aliphatic heterocycles. The van der Waals surface area contributed by atoms with Crippen LogP contribution in [0.4, 0.5) is 5.82 Å². The topological polar surface area (TPSA) is 57.3 Å². The van der Waals surface area contributed by atoms with Crippen LogP contribution >= 0.6 is 11.6 Å². The van der Waals surface area contributed by atoms with Crippen LogP contribution < -0.4 is 10.6 Å². The minimum Gasteiger partial charge on any atom is -0.369 e. The van der Waals surface area contributed by atoms with Gasteiger partial charge in [0.25, 0.3) is 5.91 Å². The van der Waals surface area contributed by atoms with Gasteiger partial charge in [0.05, 0.1) is 10.6 Å². The predicted octanol–water partition coefficient (Wildman–Crippen LogP) is 1.99. The molecule has 5 nitrogen and oxygen atoms in total. The summed E-state index contributed by atoms with van der Waals surface area (Å²) >= 11 is 6.10. The van der Waals surface area contributed by atoms with E-state index in [1.54, 1.807) is 12.3 Å². The molecule has 1 fully saturated rings. The summed E-state index contributed by atoms with van der Waals surface area (Å²) in [4.78, 5) is 18.6. The number of rotatable bonds is 4. The van der Waals surface area contributed by atoms with Crippen molar-refractivity contribution < 1.29 is 4.79 Å². The molecule has 2 heterocycles. The smallest absolute Gasteiger partial charge is 0.253 e. The summed E-state index contributed by atoms with van der Waals surface area (Å²) in [5.41, 5.74) is 0.505. The van der Waals surface area contributed by atoms with E-state index in [4.69, 9.17) is 11.6 Å². The van der Waals surface area contributed by atoms with E-state index < -0.39 is 0 Å². The Morgan fingerprint density at radius 1 is 1.60 bits per heavy atom. The number of nitrogens with zero attached hydrogens (tertiary/aromatic N) is 2. The van der Waals surface area contributed by atoms with Crippen molar-refractivity contribution >= 4 is 23.3 Å². The maximum atomic E-state index is 12.2. The van der Waals surface area contributed by atoms with E-state index in [0.29, 0.717) is 16.4 Å². The molecule has 0 aliphatic carbocycles. The highest BCUT2D eigenvalue weighted by Gasteiger charge is 2.20. The van der Waals surface area contributed by atoms with E-state index in [1.807, 2.05) is 6.92 Å². The number of carbonyl (C=O) groups is 1. The zero-order valence-electron chi connectivity index (χ0n) is 11.9. The molecule has 6 heteroatoms. The molecule has 0 radical (unpaired) electrons. The molecule has 1 atom stereocenters. The Hall–Kier alpha value is -1.33. The Balaban J connectivity index is 2.00. The van der Waals surface area contributed by atoms with Gasteiger partial charge in [-0.2, -0.15) is 0 Å². The van der Waals surface area contributed by atoms with E-state index in [1.165, 1.54) is 0 Å². The number of halogens is 1. The molecule has 1 aliphatic rings. The fraction of sp³-hybridized carbons (Fsp3) is 0.571. The number of hydrogen-bond donors (Lipinski definition) is 2. The van der Waals surface area contributed by atoms with Gasteiger partial charge in [-0.3, -0.25) is 4.79 Å². The van der Waals surface area contributed by atoms with E-state index in [0.717, 1.165) is 32.5 Å². The highest BCUT2D eigenvalue weighted by Crippen LogP contribution is 2.20. The van der Waals surface area contributed by atoms with Gasteiger partial charge in [0.15, 0.2) is 0 Å². The third-order valence-electron chi connectivity index (χ3n) is 3.41. The van der Waals surface area contributed by atoms with Gasteiger partial charge >= 0.3 is 0 Å². The number of anilines is 1. The van der Waals surface area contributed by atoms with E-state index in [2.05, 4.69) is 27.6 Å². The molecule has 1 aromatic heterocycles. The molecule has 0 saturated carbocycles. The number of amides is 1. The maximum Gasteiger partial charge on any atom is 0.253 e. The second kappa shape index (κ2) is 6.90. The Morgan fingerprint density at radius 2 is 2.40 bits per heavy atom. The molecular weight excluding hydrogens is 276 g/mol. The normalized spacial score (nSPS) is 19.6. The molecular formula is C14H21ClN4O. The van der Waals surface area contributed by atoms with Crippen molar-refractivity contribution in [2.24, 2.45) is 0 Å². The van der Waals surface area contributed by atoms with Crippen molar-refractivity contribution in [2.45, 2.75) is 25.8 Å². The minimum atomic E-state index is -0.109. The molecule has 20 heavy (non-hydrogen) atoms. The minimum absolute atomic E-state index is 0.109. The first-order valence-electron chi connectivity index (χ1n) is 6.99. The van der Waals surface area contributed by atoms with Gasteiger partial charge in [-0.05, 0) is 39.4 Å². The fourth-order valence-corrected chi connectivity index (χ4v) is 2.65. The van der Waals surface area contributed by atoms with Crippen molar-refractivity contribution in [1.82, 2.24) is 15.2 Å². The van der Waals surface area contributed by atoms with E-state index in [-0.39, 0.29) is 11.9 Å². The Kier molecular flexibility index (Phi) is 5.20. The molecule has 110 valence electrons. The van der Waals surface area contributed by atoms with Crippen LogP contribution in [0.25, 0.3) is 0 Å². The highest BCUT2D eigenvalue weighted by atomic mass is 35.5. The largest absolute Gasteiger partial charge is 0.369 e. The van der Waals surface area contributed by atoms with Crippen LogP contribution in [0.3, 0.4) is 0 Å². The summed E-state index contributed by atoms with van der Waals surface area (Å²) < 4.78 is 0.